The molecular weight excluding hydrogens is 361 g/mol. The van der Waals surface area contributed by atoms with Gasteiger partial charge in [0.05, 0.1) is 12.2 Å². The molecule has 144 valence electrons. The second-order valence-electron chi connectivity index (χ2n) is 6.40. The minimum absolute atomic E-state index is 0. The molecule has 0 radical (unpaired) electrons. The zero-order valence-electron chi connectivity index (χ0n) is 15.3. The molecule has 25 heavy (non-hydrogen) atoms. The number of nitrogens with zero attached hydrogens (tertiary/aromatic N) is 1. The minimum Gasteiger partial charge on any atom is -0.373 e. The third kappa shape index (κ3) is 8.88. The van der Waals surface area contributed by atoms with Gasteiger partial charge in [-0.1, -0.05) is 24.3 Å². The molecule has 2 rings (SSSR count). The Morgan fingerprint density at radius 1 is 1.12 bits per heavy atom. The third-order valence-electron chi connectivity index (χ3n) is 4.02. The quantitative estimate of drug-likeness (QED) is 0.748. The van der Waals surface area contributed by atoms with Gasteiger partial charge in [0.25, 0.3) is 0 Å². The van der Waals surface area contributed by atoms with Gasteiger partial charge >= 0.3 is 0 Å². The Kier molecular flexibility index (Phi) is 12.1. The van der Waals surface area contributed by atoms with Gasteiger partial charge < -0.3 is 15.4 Å². The molecule has 0 aliphatic carbocycles. The maximum atomic E-state index is 11.6. The lowest BCUT2D eigenvalue weighted by molar-refractivity contribution is -0.121. The fourth-order valence-electron chi connectivity index (χ4n) is 2.96. The molecular formula is C18H31Cl2N3O2. The molecule has 2 unspecified atom stereocenters. The van der Waals surface area contributed by atoms with E-state index in [1.165, 1.54) is 5.56 Å². The molecule has 2 atom stereocenters. The van der Waals surface area contributed by atoms with Crippen molar-refractivity contribution in [3.63, 3.8) is 0 Å². The lowest BCUT2D eigenvalue weighted by atomic mass is 10.1. The van der Waals surface area contributed by atoms with E-state index in [2.05, 4.69) is 53.6 Å². The van der Waals surface area contributed by atoms with Crippen LogP contribution in [0.2, 0.25) is 0 Å². The number of carbonyl (C=O) groups is 1. The van der Waals surface area contributed by atoms with Gasteiger partial charge in [0, 0.05) is 39.1 Å². The molecule has 1 saturated heterocycles. The first-order valence-corrected chi connectivity index (χ1v) is 8.43. The minimum atomic E-state index is 0. The Labute approximate surface area is 163 Å². The van der Waals surface area contributed by atoms with E-state index in [4.69, 9.17) is 4.74 Å². The summed E-state index contributed by atoms with van der Waals surface area (Å²) in [6.07, 6.45) is 1.11. The van der Waals surface area contributed by atoms with Crippen LogP contribution in [0.15, 0.2) is 24.3 Å². The van der Waals surface area contributed by atoms with E-state index in [0.29, 0.717) is 31.7 Å². The van der Waals surface area contributed by atoms with Crippen molar-refractivity contribution >= 4 is 30.7 Å². The lowest BCUT2D eigenvalue weighted by Gasteiger charge is -2.35. The molecule has 0 saturated carbocycles. The summed E-state index contributed by atoms with van der Waals surface area (Å²) in [6.45, 7) is 8.47. The summed E-state index contributed by atoms with van der Waals surface area (Å²) in [4.78, 5) is 14.0. The molecule has 0 bridgehead atoms. The first kappa shape index (κ1) is 24.1. The number of halogens is 2. The summed E-state index contributed by atoms with van der Waals surface area (Å²) in [5.41, 5.74) is 2.44. The van der Waals surface area contributed by atoms with Gasteiger partial charge in [-0.3, -0.25) is 9.69 Å². The summed E-state index contributed by atoms with van der Waals surface area (Å²) >= 11 is 0. The summed E-state index contributed by atoms with van der Waals surface area (Å²) in [5, 5.41) is 5.92. The van der Waals surface area contributed by atoms with Crippen LogP contribution in [0.4, 0.5) is 0 Å². The number of amides is 1. The highest BCUT2D eigenvalue weighted by molar-refractivity contribution is 5.85. The van der Waals surface area contributed by atoms with Gasteiger partial charge in [-0.25, -0.2) is 0 Å². The number of nitrogens with one attached hydrogen (secondary N) is 2. The average molecular weight is 392 g/mol. The van der Waals surface area contributed by atoms with E-state index in [9.17, 15) is 4.79 Å². The zero-order chi connectivity index (χ0) is 16.7. The predicted molar refractivity (Wildman–Crippen MR) is 107 cm³/mol. The number of hydrogen-bond donors (Lipinski definition) is 2. The average Bonchev–Trinajstić information content (AvgIpc) is 2.51. The van der Waals surface area contributed by atoms with Gasteiger partial charge in [-0.05, 0) is 32.0 Å². The largest absolute Gasteiger partial charge is 0.373 e. The SMILES string of the molecule is CNCCC(=O)NCc1ccc(CN2CC(C)OC(C)C2)cc1.Cl.Cl. The van der Waals surface area contributed by atoms with E-state index in [1.54, 1.807) is 0 Å². The molecule has 2 N–H and O–H groups in total. The van der Waals surface area contributed by atoms with E-state index in [-0.39, 0.29) is 30.7 Å². The Balaban J connectivity index is 0.00000288. The molecule has 0 spiro atoms. The van der Waals surface area contributed by atoms with Crippen LogP contribution in [0, 0.1) is 0 Å². The molecule has 7 heteroatoms. The Hall–Kier alpha value is -0.850. The van der Waals surface area contributed by atoms with Gasteiger partial charge in [0.1, 0.15) is 0 Å². The van der Waals surface area contributed by atoms with Crippen LogP contribution in [-0.2, 0) is 22.6 Å². The fourth-order valence-corrected chi connectivity index (χ4v) is 2.96. The monoisotopic (exact) mass is 391 g/mol. The summed E-state index contributed by atoms with van der Waals surface area (Å²) in [7, 11) is 1.85. The number of carbonyl (C=O) groups excluding carboxylic acids is 1. The molecule has 1 fully saturated rings. The van der Waals surface area contributed by atoms with Crippen molar-refractivity contribution in [2.75, 3.05) is 26.7 Å². The van der Waals surface area contributed by atoms with Gasteiger partial charge in [-0.15, -0.1) is 24.8 Å². The van der Waals surface area contributed by atoms with Crippen LogP contribution < -0.4 is 10.6 Å². The van der Waals surface area contributed by atoms with Crippen molar-refractivity contribution in [2.24, 2.45) is 0 Å². The van der Waals surface area contributed by atoms with Crippen molar-refractivity contribution in [2.45, 2.75) is 45.6 Å². The standard InChI is InChI=1S/C18H29N3O2.2ClH/c1-14-11-21(12-15(2)23-14)13-17-6-4-16(5-7-17)10-20-18(22)8-9-19-3;;/h4-7,14-15,19H,8-13H2,1-3H3,(H,20,22);2*1H. The zero-order valence-corrected chi connectivity index (χ0v) is 16.9. The maximum Gasteiger partial charge on any atom is 0.221 e. The first-order valence-electron chi connectivity index (χ1n) is 8.43. The van der Waals surface area contributed by atoms with Crippen LogP contribution in [0.25, 0.3) is 0 Å². The topological polar surface area (TPSA) is 53.6 Å². The maximum absolute atomic E-state index is 11.6. The van der Waals surface area contributed by atoms with E-state index < -0.39 is 0 Å². The number of benzene rings is 1. The van der Waals surface area contributed by atoms with E-state index in [1.807, 2.05) is 7.05 Å². The van der Waals surface area contributed by atoms with E-state index >= 15 is 0 Å². The second kappa shape index (κ2) is 12.5. The fraction of sp³-hybridized carbons (Fsp3) is 0.611. The normalized spacial score (nSPS) is 20.3. The number of rotatable bonds is 7. The predicted octanol–water partition coefficient (Wildman–Crippen LogP) is 2.37. The summed E-state index contributed by atoms with van der Waals surface area (Å²) in [5.74, 6) is 0.0831. The number of ether oxygens (including phenoxy) is 1. The van der Waals surface area contributed by atoms with Crippen molar-refractivity contribution in [3.8, 4) is 0 Å². The molecule has 0 aromatic heterocycles. The van der Waals surface area contributed by atoms with Crippen LogP contribution in [0.5, 0.6) is 0 Å². The lowest BCUT2D eigenvalue weighted by Crippen LogP contribution is -2.44. The number of morpholine rings is 1. The van der Waals surface area contributed by atoms with Crippen molar-refractivity contribution in [1.82, 2.24) is 15.5 Å². The summed E-state index contributed by atoms with van der Waals surface area (Å²) < 4.78 is 5.77. The Morgan fingerprint density at radius 3 is 2.24 bits per heavy atom. The van der Waals surface area contributed by atoms with Crippen molar-refractivity contribution in [3.05, 3.63) is 35.4 Å². The van der Waals surface area contributed by atoms with Gasteiger partial charge in [-0.2, -0.15) is 0 Å². The highest BCUT2D eigenvalue weighted by Gasteiger charge is 2.21. The highest BCUT2D eigenvalue weighted by atomic mass is 35.5. The molecule has 1 amide bonds. The van der Waals surface area contributed by atoms with Crippen LogP contribution in [0.3, 0.4) is 0 Å². The van der Waals surface area contributed by atoms with Crippen LogP contribution in [-0.4, -0.2) is 49.7 Å². The second-order valence-corrected chi connectivity index (χ2v) is 6.40. The van der Waals surface area contributed by atoms with Crippen LogP contribution in [0.1, 0.15) is 31.4 Å². The smallest absolute Gasteiger partial charge is 0.221 e. The summed E-state index contributed by atoms with van der Waals surface area (Å²) in [6, 6.07) is 8.50. The molecule has 1 aromatic rings. The van der Waals surface area contributed by atoms with Crippen molar-refractivity contribution in [1.29, 1.82) is 0 Å². The molecule has 1 heterocycles. The Bertz CT molecular complexity index is 490. The first-order chi connectivity index (χ1) is 11.1. The van der Waals surface area contributed by atoms with E-state index in [0.717, 1.165) is 25.2 Å². The Morgan fingerprint density at radius 2 is 1.68 bits per heavy atom. The van der Waals surface area contributed by atoms with Gasteiger partial charge in [0.15, 0.2) is 0 Å². The molecule has 1 aliphatic heterocycles. The molecule has 5 nitrogen and oxygen atoms in total. The number of hydrogen-bond acceptors (Lipinski definition) is 4. The van der Waals surface area contributed by atoms with Gasteiger partial charge in [0.2, 0.25) is 5.91 Å². The van der Waals surface area contributed by atoms with Crippen molar-refractivity contribution < 1.29 is 9.53 Å². The molecule has 1 aromatic carbocycles. The third-order valence-corrected chi connectivity index (χ3v) is 4.02. The highest BCUT2D eigenvalue weighted by Crippen LogP contribution is 2.14. The molecule has 1 aliphatic rings. The van der Waals surface area contributed by atoms with Crippen LogP contribution >= 0.6 is 24.8 Å².